The highest BCUT2D eigenvalue weighted by Crippen LogP contribution is 2.34. The number of thiocarbonyl (C=S) groups is 1. The van der Waals surface area contributed by atoms with E-state index in [1.165, 1.54) is 12.7 Å². The highest BCUT2D eigenvalue weighted by Gasteiger charge is 2.07. The standard InChI is InChI=1S/C17H18BrN3O2S/c1-10-5-4-6-14(11(10)2)20-17(24)21-19-9-12-7-13(18)16(22)15(8-12)23-3/h4-9,22H,1-3H3,(H2,20,21,24)/b19-9+. The number of hydrogen-bond acceptors (Lipinski definition) is 4. The lowest BCUT2D eigenvalue weighted by atomic mass is 10.1. The fraction of sp³-hybridized carbons (Fsp3) is 0.176. The normalized spacial score (nSPS) is 10.7. The Morgan fingerprint density at radius 3 is 2.79 bits per heavy atom. The van der Waals surface area contributed by atoms with Crippen molar-refractivity contribution in [2.75, 3.05) is 12.4 Å². The third kappa shape index (κ3) is 4.46. The molecule has 2 aromatic carbocycles. The lowest BCUT2D eigenvalue weighted by Crippen LogP contribution is -2.24. The van der Waals surface area contributed by atoms with Gasteiger partial charge in [-0.15, -0.1) is 0 Å². The molecule has 2 aromatic rings. The minimum absolute atomic E-state index is 0.0507. The second kappa shape index (κ2) is 8.12. The van der Waals surface area contributed by atoms with Gasteiger partial charge in [0.25, 0.3) is 0 Å². The fourth-order valence-electron chi connectivity index (χ4n) is 2.03. The summed E-state index contributed by atoms with van der Waals surface area (Å²) >= 11 is 8.51. The minimum Gasteiger partial charge on any atom is -0.503 e. The van der Waals surface area contributed by atoms with Crippen molar-refractivity contribution in [3.8, 4) is 11.5 Å². The SMILES string of the molecule is COc1cc(/C=N/NC(=S)Nc2cccc(C)c2C)cc(Br)c1O. The van der Waals surface area contributed by atoms with E-state index in [2.05, 4.69) is 31.8 Å². The quantitative estimate of drug-likeness (QED) is 0.404. The first-order valence-electron chi connectivity index (χ1n) is 7.15. The number of aryl methyl sites for hydroxylation is 1. The van der Waals surface area contributed by atoms with E-state index in [0.717, 1.165) is 16.8 Å². The van der Waals surface area contributed by atoms with Gasteiger partial charge in [0.2, 0.25) is 0 Å². The number of rotatable bonds is 4. The first-order valence-corrected chi connectivity index (χ1v) is 8.35. The minimum atomic E-state index is 0.0507. The van der Waals surface area contributed by atoms with Gasteiger partial charge in [-0.25, -0.2) is 0 Å². The van der Waals surface area contributed by atoms with Gasteiger partial charge in [-0.3, -0.25) is 5.43 Å². The van der Waals surface area contributed by atoms with Crippen LogP contribution in [0.2, 0.25) is 0 Å². The molecule has 2 rings (SSSR count). The number of anilines is 1. The highest BCUT2D eigenvalue weighted by atomic mass is 79.9. The Kier molecular flexibility index (Phi) is 6.16. The molecule has 0 amide bonds. The van der Waals surface area contributed by atoms with E-state index in [1.807, 2.05) is 32.0 Å². The summed E-state index contributed by atoms with van der Waals surface area (Å²) in [5.74, 6) is 0.414. The molecule has 0 aromatic heterocycles. The summed E-state index contributed by atoms with van der Waals surface area (Å²) in [7, 11) is 1.49. The number of nitrogens with one attached hydrogen (secondary N) is 2. The molecule has 0 atom stereocenters. The number of benzene rings is 2. The van der Waals surface area contributed by atoms with E-state index in [4.69, 9.17) is 17.0 Å². The van der Waals surface area contributed by atoms with Crippen molar-refractivity contribution in [2.45, 2.75) is 13.8 Å². The summed E-state index contributed by atoms with van der Waals surface area (Å²) in [6, 6.07) is 9.38. The molecule has 0 aliphatic carbocycles. The van der Waals surface area contributed by atoms with Crippen LogP contribution in [0, 0.1) is 13.8 Å². The number of methoxy groups -OCH3 is 1. The molecular weight excluding hydrogens is 390 g/mol. The molecule has 5 nitrogen and oxygen atoms in total. The van der Waals surface area contributed by atoms with Gasteiger partial charge in [0.05, 0.1) is 17.8 Å². The first-order chi connectivity index (χ1) is 11.4. The van der Waals surface area contributed by atoms with Crippen LogP contribution in [0.3, 0.4) is 0 Å². The average molecular weight is 408 g/mol. The molecule has 24 heavy (non-hydrogen) atoms. The fourth-order valence-corrected chi connectivity index (χ4v) is 2.65. The molecule has 0 bridgehead atoms. The number of nitrogens with zero attached hydrogens (tertiary/aromatic N) is 1. The Morgan fingerprint density at radius 1 is 1.33 bits per heavy atom. The number of hydrazone groups is 1. The van der Waals surface area contributed by atoms with E-state index < -0.39 is 0 Å². The predicted molar refractivity (Wildman–Crippen MR) is 105 cm³/mol. The van der Waals surface area contributed by atoms with Crippen LogP contribution in [0.25, 0.3) is 0 Å². The zero-order valence-electron chi connectivity index (χ0n) is 13.6. The molecule has 0 heterocycles. The monoisotopic (exact) mass is 407 g/mol. The number of ether oxygens (including phenoxy) is 1. The van der Waals surface area contributed by atoms with Crippen LogP contribution in [-0.4, -0.2) is 23.5 Å². The van der Waals surface area contributed by atoms with Gasteiger partial charge in [-0.1, -0.05) is 12.1 Å². The van der Waals surface area contributed by atoms with Crippen molar-refractivity contribution in [3.63, 3.8) is 0 Å². The summed E-state index contributed by atoms with van der Waals surface area (Å²) in [4.78, 5) is 0. The topological polar surface area (TPSA) is 65.9 Å². The zero-order valence-corrected chi connectivity index (χ0v) is 16.0. The van der Waals surface area contributed by atoms with Gasteiger partial charge in [0.1, 0.15) is 0 Å². The molecule has 7 heteroatoms. The molecule has 126 valence electrons. The van der Waals surface area contributed by atoms with Crippen LogP contribution in [0.4, 0.5) is 5.69 Å². The number of aromatic hydroxyl groups is 1. The van der Waals surface area contributed by atoms with E-state index in [1.54, 1.807) is 18.3 Å². The Balaban J connectivity index is 2.02. The van der Waals surface area contributed by atoms with Gasteiger partial charge in [-0.05, 0) is 76.9 Å². The number of halogens is 1. The highest BCUT2D eigenvalue weighted by molar-refractivity contribution is 9.10. The summed E-state index contributed by atoms with van der Waals surface area (Å²) in [6.45, 7) is 4.08. The molecule has 3 N–H and O–H groups in total. The molecule has 0 fully saturated rings. The predicted octanol–water partition coefficient (Wildman–Crippen LogP) is 4.10. The maximum atomic E-state index is 9.79. The number of phenolic OH excluding ortho intramolecular Hbond substituents is 1. The molecule has 0 aliphatic rings. The largest absolute Gasteiger partial charge is 0.503 e. The van der Waals surface area contributed by atoms with Crippen molar-refractivity contribution in [3.05, 3.63) is 51.5 Å². The van der Waals surface area contributed by atoms with Crippen LogP contribution >= 0.6 is 28.1 Å². The third-order valence-corrected chi connectivity index (χ3v) is 4.30. The second-order valence-electron chi connectivity index (χ2n) is 5.13. The van der Waals surface area contributed by atoms with Crippen molar-refractivity contribution in [1.29, 1.82) is 0 Å². The van der Waals surface area contributed by atoms with Gasteiger partial charge in [-0.2, -0.15) is 5.10 Å². The molecular formula is C17H18BrN3O2S. The lowest BCUT2D eigenvalue weighted by Gasteiger charge is -2.11. The molecule has 0 saturated carbocycles. The Bertz CT molecular complexity index is 794. The Labute approximate surface area is 154 Å². The summed E-state index contributed by atoms with van der Waals surface area (Å²) in [6.07, 6.45) is 1.59. The van der Waals surface area contributed by atoms with Crippen molar-refractivity contribution in [2.24, 2.45) is 5.10 Å². The third-order valence-electron chi connectivity index (χ3n) is 3.50. The summed E-state index contributed by atoms with van der Waals surface area (Å²) < 4.78 is 5.62. The van der Waals surface area contributed by atoms with Gasteiger partial charge in [0.15, 0.2) is 16.6 Å². The van der Waals surface area contributed by atoms with E-state index in [0.29, 0.717) is 15.3 Å². The van der Waals surface area contributed by atoms with Gasteiger partial charge < -0.3 is 15.2 Å². The van der Waals surface area contributed by atoms with Crippen LogP contribution in [0.1, 0.15) is 16.7 Å². The average Bonchev–Trinajstić information content (AvgIpc) is 2.55. The summed E-state index contributed by atoms with van der Waals surface area (Å²) in [5.41, 5.74) is 6.78. The molecule has 0 radical (unpaired) electrons. The Morgan fingerprint density at radius 2 is 2.08 bits per heavy atom. The smallest absolute Gasteiger partial charge is 0.191 e. The molecule has 0 saturated heterocycles. The molecule has 0 unspecified atom stereocenters. The Hall–Kier alpha value is -2.12. The maximum Gasteiger partial charge on any atom is 0.191 e. The molecule has 0 aliphatic heterocycles. The summed E-state index contributed by atoms with van der Waals surface area (Å²) in [5, 5.41) is 17.4. The van der Waals surface area contributed by atoms with Crippen LogP contribution < -0.4 is 15.5 Å². The van der Waals surface area contributed by atoms with Gasteiger partial charge in [0, 0.05) is 5.69 Å². The second-order valence-corrected chi connectivity index (χ2v) is 6.39. The van der Waals surface area contributed by atoms with Crippen LogP contribution in [0.5, 0.6) is 11.5 Å². The van der Waals surface area contributed by atoms with E-state index in [-0.39, 0.29) is 5.75 Å². The van der Waals surface area contributed by atoms with Crippen LogP contribution in [-0.2, 0) is 0 Å². The van der Waals surface area contributed by atoms with Crippen LogP contribution in [0.15, 0.2) is 39.9 Å². The van der Waals surface area contributed by atoms with Crippen molar-refractivity contribution >= 4 is 45.2 Å². The lowest BCUT2D eigenvalue weighted by molar-refractivity contribution is 0.372. The number of hydrogen-bond donors (Lipinski definition) is 3. The van der Waals surface area contributed by atoms with E-state index in [9.17, 15) is 5.11 Å². The number of phenols is 1. The maximum absolute atomic E-state index is 9.79. The van der Waals surface area contributed by atoms with Gasteiger partial charge >= 0.3 is 0 Å². The molecule has 0 spiro atoms. The first kappa shape index (κ1) is 18.2. The zero-order chi connectivity index (χ0) is 17.7. The van der Waals surface area contributed by atoms with Crippen molar-refractivity contribution in [1.82, 2.24) is 5.43 Å². The van der Waals surface area contributed by atoms with E-state index >= 15 is 0 Å². The van der Waals surface area contributed by atoms with Crippen molar-refractivity contribution < 1.29 is 9.84 Å².